The van der Waals surface area contributed by atoms with Gasteiger partial charge in [-0.05, 0) is 94.1 Å². The minimum absolute atomic E-state index is 0.135. The first kappa shape index (κ1) is 30.9. The summed E-state index contributed by atoms with van der Waals surface area (Å²) in [5.41, 5.74) is 5.52. The molecule has 0 bridgehead atoms. The number of fused-ring (bicyclic) bond motifs is 1. The zero-order valence-corrected chi connectivity index (χ0v) is 28.8. The molecule has 1 heterocycles. The van der Waals surface area contributed by atoms with Gasteiger partial charge in [-0.2, -0.15) is 0 Å². The van der Waals surface area contributed by atoms with Crippen LogP contribution in [0.2, 0.25) is 0 Å². The van der Waals surface area contributed by atoms with E-state index in [1.165, 1.54) is 10.8 Å². The third kappa shape index (κ3) is 5.59. The van der Waals surface area contributed by atoms with Gasteiger partial charge >= 0.3 is 0 Å². The second-order valence-electron chi connectivity index (χ2n) is 14.0. The predicted molar refractivity (Wildman–Crippen MR) is 184 cm³/mol. The number of Topliss-reactive ketones (excluding diaryl/α,β-unsaturated/α-hetero) is 2. The van der Waals surface area contributed by atoms with E-state index in [0.29, 0.717) is 37.6 Å². The maximum atomic E-state index is 14.1. The van der Waals surface area contributed by atoms with Crippen LogP contribution in [0, 0.1) is 14.4 Å². The minimum Gasteiger partial charge on any atom is -0.490 e. The number of carbonyl (C=O) groups is 2. The second-order valence-corrected chi connectivity index (χ2v) is 15.1. The third-order valence-electron chi connectivity index (χ3n) is 9.26. The standard InChI is InChI=1S/C38H42INO4/c1-7-40-28-18-37(3,4)20-30(41)34(28)33(35-29(40)19-38(5,6)21-31(35)42)25-16-27(39)36(32(17-25)43-8-2)44-22-24-14-11-13-23-12-9-10-15-26(23)24/h9-17,33H,7-8,18-22H2,1-6H3. The van der Waals surface area contributed by atoms with Crippen LogP contribution in [0.15, 0.2) is 77.1 Å². The fourth-order valence-corrected chi connectivity index (χ4v) is 8.27. The van der Waals surface area contributed by atoms with Crippen molar-refractivity contribution in [2.24, 2.45) is 10.8 Å². The topological polar surface area (TPSA) is 55.8 Å². The SMILES string of the molecule is CCOc1cc(C2C3=C(CC(C)(C)CC3=O)N(CC)C3=C2C(=O)CC(C)(C)C3)cc(I)c1OCc1cccc2ccccc12. The molecule has 0 saturated carbocycles. The van der Waals surface area contributed by atoms with Gasteiger partial charge in [0.05, 0.1) is 10.2 Å². The molecule has 3 aliphatic rings. The summed E-state index contributed by atoms with van der Waals surface area (Å²) in [6, 6.07) is 18.7. The van der Waals surface area contributed by atoms with Gasteiger partial charge in [-0.15, -0.1) is 0 Å². The molecule has 6 rings (SSSR count). The van der Waals surface area contributed by atoms with E-state index in [1.807, 2.05) is 25.1 Å². The van der Waals surface area contributed by atoms with E-state index in [9.17, 15) is 9.59 Å². The molecule has 3 aromatic rings. The van der Waals surface area contributed by atoms with Crippen LogP contribution in [-0.4, -0.2) is 29.6 Å². The smallest absolute Gasteiger partial charge is 0.174 e. The number of benzene rings is 3. The van der Waals surface area contributed by atoms with E-state index in [4.69, 9.17) is 9.47 Å². The number of halogens is 1. The van der Waals surface area contributed by atoms with Crippen LogP contribution in [0.1, 0.15) is 84.3 Å². The highest BCUT2D eigenvalue weighted by Crippen LogP contribution is 2.55. The zero-order valence-electron chi connectivity index (χ0n) is 26.7. The Morgan fingerprint density at radius 3 is 2.05 bits per heavy atom. The number of allylic oxidation sites excluding steroid dienone is 4. The molecule has 3 aromatic carbocycles. The summed E-state index contributed by atoms with van der Waals surface area (Å²) >= 11 is 2.32. The number of carbonyl (C=O) groups excluding carboxylic acids is 2. The highest BCUT2D eigenvalue weighted by molar-refractivity contribution is 14.1. The normalized spacial score (nSPS) is 19.8. The van der Waals surface area contributed by atoms with E-state index in [2.05, 4.69) is 98.5 Å². The van der Waals surface area contributed by atoms with Crippen molar-refractivity contribution < 1.29 is 19.1 Å². The predicted octanol–water partition coefficient (Wildman–Crippen LogP) is 9.13. The lowest BCUT2D eigenvalue weighted by atomic mass is 9.63. The van der Waals surface area contributed by atoms with Gasteiger partial charge in [-0.3, -0.25) is 9.59 Å². The summed E-state index contributed by atoms with van der Waals surface area (Å²) in [5.74, 6) is 1.21. The molecule has 44 heavy (non-hydrogen) atoms. The number of hydrogen-bond acceptors (Lipinski definition) is 5. The van der Waals surface area contributed by atoms with Crippen molar-refractivity contribution in [3.05, 3.63) is 91.8 Å². The summed E-state index contributed by atoms with van der Waals surface area (Å²) in [4.78, 5) is 30.4. The van der Waals surface area contributed by atoms with Gasteiger partial charge in [0.2, 0.25) is 0 Å². The third-order valence-corrected chi connectivity index (χ3v) is 10.1. The quantitative estimate of drug-likeness (QED) is 0.230. The fourth-order valence-electron chi connectivity index (χ4n) is 7.49. The van der Waals surface area contributed by atoms with Crippen molar-refractivity contribution in [1.29, 1.82) is 0 Å². The Kier molecular flexibility index (Phi) is 8.18. The van der Waals surface area contributed by atoms with Gasteiger partial charge in [-0.1, -0.05) is 70.2 Å². The van der Waals surface area contributed by atoms with Crippen LogP contribution in [0.4, 0.5) is 0 Å². The lowest BCUT2D eigenvalue weighted by Gasteiger charge is -2.49. The van der Waals surface area contributed by atoms with Crippen LogP contribution >= 0.6 is 22.6 Å². The Labute approximate surface area is 274 Å². The molecule has 6 heteroatoms. The van der Waals surface area contributed by atoms with Gasteiger partial charge in [0.25, 0.3) is 0 Å². The van der Waals surface area contributed by atoms with Crippen molar-refractivity contribution in [1.82, 2.24) is 4.90 Å². The maximum Gasteiger partial charge on any atom is 0.174 e. The second kappa shape index (κ2) is 11.7. The van der Waals surface area contributed by atoms with Crippen LogP contribution in [0.5, 0.6) is 11.5 Å². The lowest BCUT2D eigenvalue weighted by Crippen LogP contribution is -2.44. The van der Waals surface area contributed by atoms with Gasteiger partial charge in [0.1, 0.15) is 6.61 Å². The van der Waals surface area contributed by atoms with E-state index in [1.54, 1.807) is 0 Å². The number of rotatable bonds is 7. The van der Waals surface area contributed by atoms with Crippen molar-refractivity contribution in [2.45, 2.75) is 79.8 Å². The van der Waals surface area contributed by atoms with Crippen LogP contribution in [-0.2, 0) is 16.2 Å². The molecule has 2 aliphatic carbocycles. The first-order chi connectivity index (χ1) is 20.9. The number of nitrogens with zero attached hydrogens (tertiary/aromatic N) is 1. The number of ether oxygens (including phenoxy) is 2. The van der Waals surface area contributed by atoms with Crippen LogP contribution in [0.25, 0.3) is 10.8 Å². The summed E-state index contributed by atoms with van der Waals surface area (Å²) in [6.45, 7) is 14.4. The molecule has 1 aliphatic heterocycles. The van der Waals surface area contributed by atoms with Gasteiger partial charge in [0.15, 0.2) is 23.1 Å². The van der Waals surface area contributed by atoms with Crippen molar-refractivity contribution in [3.63, 3.8) is 0 Å². The van der Waals surface area contributed by atoms with Crippen molar-refractivity contribution in [2.75, 3.05) is 13.2 Å². The highest BCUT2D eigenvalue weighted by atomic mass is 127. The molecule has 0 radical (unpaired) electrons. The highest BCUT2D eigenvalue weighted by Gasteiger charge is 2.48. The average Bonchev–Trinajstić information content (AvgIpc) is 2.94. The summed E-state index contributed by atoms with van der Waals surface area (Å²) in [7, 11) is 0. The molecule has 0 aromatic heterocycles. The Bertz CT molecular complexity index is 1670. The Balaban J connectivity index is 1.47. The summed E-state index contributed by atoms with van der Waals surface area (Å²) in [5, 5.41) is 2.34. The molecule has 0 N–H and O–H groups in total. The summed E-state index contributed by atoms with van der Waals surface area (Å²) in [6.07, 6.45) is 2.57. The van der Waals surface area contributed by atoms with E-state index in [-0.39, 0.29) is 22.4 Å². The van der Waals surface area contributed by atoms with Crippen molar-refractivity contribution >= 4 is 44.9 Å². The van der Waals surface area contributed by atoms with Crippen LogP contribution < -0.4 is 9.47 Å². The number of ketones is 2. The van der Waals surface area contributed by atoms with Gasteiger partial charge in [0, 0.05) is 47.8 Å². The van der Waals surface area contributed by atoms with Gasteiger partial charge in [-0.25, -0.2) is 0 Å². The minimum atomic E-state index is -0.408. The fraction of sp³-hybridized carbons (Fsp3) is 0.421. The number of hydrogen-bond donors (Lipinski definition) is 0. The van der Waals surface area contributed by atoms with E-state index in [0.717, 1.165) is 56.6 Å². The molecule has 0 spiro atoms. The molecule has 0 amide bonds. The Morgan fingerprint density at radius 2 is 1.43 bits per heavy atom. The lowest BCUT2D eigenvalue weighted by molar-refractivity contribution is -0.119. The largest absolute Gasteiger partial charge is 0.490 e. The maximum absolute atomic E-state index is 14.1. The first-order valence-electron chi connectivity index (χ1n) is 15.8. The molecule has 0 unspecified atom stereocenters. The van der Waals surface area contributed by atoms with Gasteiger partial charge < -0.3 is 14.4 Å². The molecule has 230 valence electrons. The molecule has 0 fully saturated rings. The molecule has 0 atom stereocenters. The monoisotopic (exact) mass is 703 g/mol. The first-order valence-corrected chi connectivity index (χ1v) is 16.9. The Morgan fingerprint density at radius 1 is 0.818 bits per heavy atom. The molecule has 5 nitrogen and oxygen atoms in total. The van der Waals surface area contributed by atoms with E-state index < -0.39 is 5.92 Å². The molecule has 0 saturated heterocycles. The summed E-state index contributed by atoms with van der Waals surface area (Å²) < 4.78 is 13.6. The Hall–Kier alpha value is -3.13. The van der Waals surface area contributed by atoms with Crippen molar-refractivity contribution in [3.8, 4) is 11.5 Å². The van der Waals surface area contributed by atoms with E-state index >= 15 is 0 Å². The average molecular weight is 704 g/mol. The molecular weight excluding hydrogens is 661 g/mol. The molecular formula is C38H42INO4. The van der Waals surface area contributed by atoms with Crippen LogP contribution in [0.3, 0.4) is 0 Å². The zero-order chi connectivity index (χ0) is 31.4.